The van der Waals surface area contributed by atoms with Crippen LogP contribution in [0.1, 0.15) is 17.7 Å². The lowest BCUT2D eigenvalue weighted by atomic mass is 9.99. The van der Waals surface area contributed by atoms with E-state index < -0.39 is 0 Å². The lowest BCUT2D eigenvalue weighted by Crippen LogP contribution is -2.47. The molecule has 2 rings (SSSR count). The molecule has 2 heterocycles. The van der Waals surface area contributed by atoms with Gasteiger partial charge in [0.1, 0.15) is 4.34 Å². The summed E-state index contributed by atoms with van der Waals surface area (Å²) in [7, 11) is 1.78. The zero-order chi connectivity index (χ0) is 13.1. The molecule has 0 saturated carbocycles. The minimum Gasteiger partial charge on any atom is -0.381 e. The van der Waals surface area contributed by atoms with E-state index in [9.17, 15) is 0 Å². The van der Waals surface area contributed by atoms with Crippen molar-refractivity contribution >= 4 is 38.9 Å². The first-order valence-corrected chi connectivity index (χ1v) is 8.03. The molecule has 1 aliphatic heterocycles. The highest BCUT2D eigenvalue weighted by molar-refractivity contribution is 9.10. The van der Waals surface area contributed by atoms with E-state index in [-0.39, 0.29) is 0 Å². The smallest absolute Gasteiger partial charge is 0.107 e. The summed E-state index contributed by atoms with van der Waals surface area (Å²) in [5, 5.41) is 0. The molecule has 1 saturated heterocycles. The number of halogens is 2. The summed E-state index contributed by atoms with van der Waals surface area (Å²) < 4.78 is 7.24. The molecule has 102 valence electrons. The van der Waals surface area contributed by atoms with E-state index in [1.807, 2.05) is 0 Å². The van der Waals surface area contributed by atoms with Crippen molar-refractivity contribution in [2.75, 3.05) is 20.2 Å². The third-order valence-corrected chi connectivity index (χ3v) is 5.91. The van der Waals surface area contributed by atoms with Crippen LogP contribution in [0.3, 0.4) is 0 Å². The standard InChI is InChI=1S/C12H18BrClN2OS/c1-17-9-2-3-16(8(4-9)6-15)7-10-5-11(13)12(14)18-10/h5,8-9H,2-4,6-7,15H2,1H3. The average molecular weight is 354 g/mol. The molecule has 0 aliphatic carbocycles. The Labute approximate surface area is 125 Å². The molecule has 6 heteroatoms. The maximum absolute atomic E-state index is 6.07. The van der Waals surface area contributed by atoms with Gasteiger partial charge in [-0.3, -0.25) is 4.90 Å². The van der Waals surface area contributed by atoms with Gasteiger partial charge in [0.25, 0.3) is 0 Å². The van der Waals surface area contributed by atoms with E-state index in [4.69, 9.17) is 22.1 Å². The summed E-state index contributed by atoms with van der Waals surface area (Å²) in [4.78, 5) is 3.71. The predicted molar refractivity (Wildman–Crippen MR) is 80.3 cm³/mol. The largest absolute Gasteiger partial charge is 0.381 e. The first-order chi connectivity index (χ1) is 8.63. The number of likely N-dealkylation sites (tertiary alicyclic amines) is 1. The number of methoxy groups -OCH3 is 1. The van der Waals surface area contributed by atoms with Gasteiger partial charge < -0.3 is 10.5 Å². The van der Waals surface area contributed by atoms with Gasteiger partial charge in [-0.2, -0.15) is 0 Å². The number of nitrogens with two attached hydrogens (primary N) is 1. The molecule has 2 N–H and O–H groups in total. The molecule has 2 unspecified atom stereocenters. The second-order valence-electron chi connectivity index (χ2n) is 4.58. The fourth-order valence-electron chi connectivity index (χ4n) is 2.40. The lowest BCUT2D eigenvalue weighted by molar-refractivity contribution is 0.0106. The maximum atomic E-state index is 6.07. The molecule has 3 nitrogen and oxygen atoms in total. The van der Waals surface area contributed by atoms with Crippen LogP contribution in [0.15, 0.2) is 10.5 Å². The highest BCUT2D eigenvalue weighted by Crippen LogP contribution is 2.33. The summed E-state index contributed by atoms with van der Waals surface area (Å²) >= 11 is 11.2. The van der Waals surface area contributed by atoms with Crippen LogP contribution in [-0.2, 0) is 11.3 Å². The third kappa shape index (κ3) is 3.46. The van der Waals surface area contributed by atoms with Crippen molar-refractivity contribution in [1.82, 2.24) is 4.90 Å². The van der Waals surface area contributed by atoms with Crippen LogP contribution in [-0.4, -0.2) is 37.2 Å². The van der Waals surface area contributed by atoms with Crippen LogP contribution < -0.4 is 5.73 Å². The third-order valence-electron chi connectivity index (χ3n) is 3.45. The van der Waals surface area contributed by atoms with Gasteiger partial charge in [-0.15, -0.1) is 11.3 Å². The SMILES string of the molecule is COC1CCN(Cc2cc(Br)c(Cl)s2)C(CN)C1. The van der Waals surface area contributed by atoms with Gasteiger partial charge in [-0.1, -0.05) is 11.6 Å². The summed E-state index contributed by atoms with van der Waals surface area (Å²) in [5.74, 6) is 0. The van der Waals surface area contributed by atoms with E-state index in [1.165, 1.54) is 4.88 Å². The number of ether oxygens (including phenoxy) is 1. The first kappa shape index (κ1) is 14.8. The minimum absolute atomic E-state index is 0.355. The number of thiophene rings is 1. The Bertz CT molecular complexity index is 382. The monoisotopic (exact) mass is 352 g/mol. The number of rotatable bonds is 4. The average Bonchev–Trinajstić information content (AvgIpc) is 2.69. The van der Waals surface area contributed by atoms with E-state index in [0.29, 0.717) is 18.7 Å². The van der Waals surface area contributed by atoms with Crippen LogP contribution in [0.4, 0.5) is 0 Å². The van der Waals surface area contributed by atoms with Gasteiger partial charge in [-0.25, -0.2) is 0 Å². The Morgan fingerprint density at radius 3 is 3.00 bits per heavy atom. The Hall–Kier alpha value is 0.350. The summed E-state index contributed by atoms with van der Waals surface area (Å²) in [6.07, 6.45) is 2.45. The van der Waals surface area contributed by atoms with E-state index in [0.717, 1.165) is 34.7 Å². The molecule has 0 bridgehead atoms. The molecular formula is C12H18BrClN2OS. The first-order valence-electron chi connectivity index (χ1n) is 6.04. The summed E-state index contributed by atoms with van der Waals surface area (Å²) in [6, 6.07) is 2.51. The second-order valence-corrected chi connectivity index (χ2v) is 7.17. The number of piperidine rings is 1. The molecule has 18 heavy (non-hydrogen) atoms. The molecule has 2 atom stereocenters. The predicted octanol–water partition coefficient (Wildman–Crippen LogP) is 3.10. The second kappa shape index (κ2) is 6.68. The molecule has 0 spiro atoms. The Balaban J connectivity index is 1.99. The summed E-state index contributed by atoms with van der Waals surface area (Å²) in [6.45, 7) is 2.64. The van der Waals surface area contributed by atoms with Gasteiger partial charge in [0.15, 0.2) is 0 Å². The van der Waals surface area contributed by atoms with Crippen LogP contribution in [0, 0.1) is 0 Å². The van der Waals surface area contributed by atoms with Crippen LogP contribution in [0.2, 0.25) is 4.34 Å². The fourth-order valence-corrected chi connectivity index (χ4v) is 4.22. The van der Waals surface area contributed by atoms with Crippen LogP contribution >= 0.6 is 38.9 Å². The lowest BCUT2D eigenvalue weighted by Gasteiger charge is -2.38. The molecule has 1 aromatic rings. The Kier molecular flexibility index (Phi) is 5.47. The van der Waals surface area contributed by atoms with Crippen molar-refractivity contribution in [2.45, 2.75) is 31.5 Å². The van der Waals surface area contributed by atoms with E-state index >= 15 is 0 Å². The Morgan fingerprint density at radius 2 is 2.44 bits per heavy atom. The molecule has 1 aromatic heterocycles. The molecule has 0 aromatic carbocycles. The van der Waals surface area contributed by atoms with Crippen molar-refractivity contribution in [1.29, 1.82) is 0 Å². The molecule has 0 amide bonds. The van der Waals surface area contributed by atoms with Crippen molar-refractivity contribution in [3.05, 3.63) is 19.8 Å². The quantitative estimate of drug-likeness (QED) is 0.904. The van der Waals surface area contributed by atoms with E-state index in [1.54, 1.807) is 18.4 Å². The van der Waals surface area contributed by atoms with Crippen LogP contribution in [0.25, 0.3) is 0 Å². The highest BCUT2D eigenvalue weighted by atomic mass is 79.9. The molecular weight excluding hydrogens is 336 g/mol. The zero-order valence-electron chi connectivity index (χ0n) is 10.4. The van der Waals surface area contributed by atoms with Gasteiger partial charge >= 0.3 is 0 Å². The fraction of sp³-hybridized carbons (Fsp3) is 0.667. The number of hydrogen-bond donors (Lipinski definition) is 1. The van der Waals surface area contributed by atoms with Crippen molar-refractivity contribution in [2.24, 2.45) is 5.73 Å². The molecule has 1 fully saturated rings. The zero-order valence-corrected chi connectivity index (χ0v) is 13.5. The van der Waals surface area contributed by atoms with Crippen molar-refractivity contribution in [3.8, 4) is 0 Å². The van der Waals surface area contributed by atoms with Gasteiger partial charge in [0, 0.05) is 42.1 Å². The number of hydrogen-bond acceptors (Lipinski definition) is 4. The van der Waals surface area contributed by atoms with E-state index in [2.05, 4.69) is 26.9 Å². The minimum atomic E-state index is 0.355. The van der Waals surface area contributed by atoms with Gasteiger partial charge in [0.05, 0.1) is 6.10 Å². The Morgan fingerprint density at radius 1 is 1.67 bits per heavy atom. The number of nitrogens with zero attached hydrogens (tertiary/aromatic N) is 1. The maximum Gasteiger partial charge on any atom is 0.107 e. The van der Waals surface area contributed by atoms with Gasteiger partial charge in [-0.05, 0) is 34.8 Å². The highest BCUT2D eigenvalue weighted by Gasteiger charge is 2.27. The topological polar surface area (TPSA) is 38.5 Å². The van der Waals surface area contributed by atoms with Crippen molar-refractivity contribution < 1.29 is 4.74 Å². The normalized spacial score (nSPS) is 25.6. The molecule has 0 radical (unpaired) electrons. The van der Waals surface area contributed by atoms with Gasteiger partial charge in [0.2, 0.25) is 0 Å². The van der Waals surface area contributed by atoms with Crippen LogP contribution in [0.5, 0.6) is 0 Å². The summed E-state index contributed by atoms with van der Waals surface area (Å²) in [5.41, 5.74) is 5.87. The van der Waals surface area contributed by atoms with Crippen molar-refractivity contribution in [3.63, 3.8) is 0 Å². The molecule has 1 aliphatic rings.